The highest BCUT2D eigenvalue weighted by Crippen LogP contribution is 2.44. The molecule has 0 N–H and O–H groups in total. The van der Waals surface area contributed by atoms with Gasteiger partial charge < -0.3 is 23.7 Å². The van der Waals surface area contributed by atoms with Crippen molar-refractivity contribution in [3.8, 4) is 28.7 Å². The topological polar surface area (TPSA) is 66.5 Å². The second kappa shape index (κ2) is 9.50. The van der Waals surface area contributed by atoms with Crippen LogP contribution in [0.15, 0.2) is 54.6 Å². The zero-order valence-corrected chi connectivity index (χ0v) is 22.0. The smallest absolute Gasteiger partial charge is 0.336 e. The fourth-order valence-corrected chi connectivity index (χ4v) is 6.27. The molecule has 1 saturated heterocycles. The first kappa shape index (κ1) is 23.9. The lowest BCUT2D eigenvalue weighted by atomic mass is 9.85. The lowest BCUT2D eigenvalue weighted by molar-refractivity contribution is -0.128. The Morgan fingerprint density at radius 1 is 0.897 bits per heavy atom. The number of rotatable bonds is 5. The molecule has 7 rings (SSSR count). The number of carbonyl (C=O) groups excluding carboxylic acids is 1. The normalized spacial score (nSPS) is 17.9. The van der Waals surface area contributed by atoms with Crippen LogP contribution in [0, 0.1) is 0 Å². The van der Waals surface area contributed by atoms with E-state index in [1.54, 1.807) is 20.3 Å². The molecule has 3 heterocycles. The van der Waals surface area contributed by atoms with Gasteiger partial charge in [0.25, 0.3) is 0 Å². The van der Waals surface area contributed by atoms with Gasteiger partial charge in [-0.2, -0.15) is 0 Å². The first-order chi connectivity index (χ1) is 19.1. The molecule has 39 heavy (non-hydrogen) atoms. The number of benzene rings is 4. The summed E-state index contributed by atoms with van der Waals surface area (Å²) in [6.07, 6.45) is 6.64. The van der Waals surface area contributed by atoms with Crippen LogP contribution >= 0.6 is 0 Å². The molecular weight excluding hydrogens is 494 g/mol. The monoisotopic (exact) mass is 523 g/mol. The van der Waals surface area contributed by atoms with Crippen molar-refractivity contribution in [1.29, 1.82) is 0 Å². The van der Waals surface area contributed by atoms with Crippen LogP contribution in [0.1, 0.15) is 29.5 Å². The minimum atomic E-state index is -0.451. The van der Waals surface area contributed by atoms with Crippen LogP contribution in [-0.2, 0) is 17.8 Å². The van der Waals surface area contributed by atoms with Crippen LogP contribution in [0.4, 0.5) is 0 Å². The van der Waals surface area contributed by atoms with E-state index in [1.807, 2.05) is 36.4 Å². The Hall–Kier alpha value is -4.23. The van der Waals surface area contributed by atoms with E-state index in [4.69, 9.17) is 23.7 Å². The second-order valence-corrected chi connectivity index (χ2v) is 10.3. The lowest BCUT2D eigenvalue weighted by Crippen LogP contribution is -2.35. The lowest BCUT2D eigenvalue weighted by Gasteiger charge is -2.33. The third-order valence-electron chi connectivity index (χ3n) is 8.15. The molecule has 0 saturated carbocycles. The van der Waals surface area contributed by atoms with Gasteiger partial charge in [0.15, 0.2) is 23.0 Å². The largest absolute Gasteiger partial charge is 0.493 e. The fraction of sp³-hybridized carbons (Fsp3) is 0.281. The SMILES string of the molecule is COc1cc2c3c(c4ccc(OC(=O)/C=C/c5ccc6c(c5)OCO6)cc4c2cc1OC)CN1CCC[C@@H]1C3. The molecule has 0 aliphatic carbocycles. The zero-order chi connectivity index (χ0) is 26.5. The molecule has 1 atom stereocenters. The quantitative estimate of drug-likeness (QED) is 0.140. The molecular formula is C32H29NO6. The Morgan fingerprint density at radius 3 is 2.54 bits per heavy atom. The Morgan fingerprint density at radius 2 is 1.69 bits per heavy atom. The standard InChI is InChI=1S/C32H29NO6/c1-35-29-15-25-23-13-20-4-3-11-33(20)17-27(23)22-8-7-21(14-24(22)26(25)16-30(29)36-2)39-32(34)10-6-19-5-9-28-31(12-19)38-18-37-28/h5-10,12,14-16,20H,3-4,11,13,17-18H2,1-2H3/b10-6+/t20-/m1/s1. The third-order valence-corrected chi connectivity index (χ3v) is 8.15. The summed E-state index contributed by atoms with van der Waals surface area (Å²) in [6, 6.07) is 16.2. The summed E-state index contributed by atoms with van der Waals surface area (Å²) < 4.78 is 27.9. The van der Waals surface area contributed by atoms with E-state index >= 15 is 0 Å². The van der Waals surface area contributed by atoms with Crippen LogP contribution in [0.3, 0.4) is 0 Å². The highest BCUT2D eigenvalue weighted by Gasteiger charge is 2.32. The highest BCUT2D eigenvalue weighted by molar-refractivity contribution is 6.12. The molecule has 0 bridgehead atoms. The summed E-state index contributed by atoms with van der Waals surface area (Å²) in [5.74, 6) is 2.81. The predicted octanol–water partition coefficient (Wildman–Crippen LogP) is 5.88. The predicted molar refractivity (Wildman–Crippen MR) is 149 cm³/mol. The molecule has 0 aromatic heterocycles. The average molecular weight is 524 g/mol. The van der Waals surface area contributed by atoms with E-state index in [0.717, 1.165) is 41.6 Å². The van der Waals surface area contributed by atoms with Crippen molar-refractivity contribution in [2.45, 2.75) is 31.8 Å². The second-order valence-electron chi connectivity index (χ2n) is 10.3. The van der Waals surface area contributed by atoms with Crippen molar-refractivity contribution in [3.05, 3.63) is 71.3 Å². The molecule has 7 heteroatoms. The summed E-state index contributed by atoms with van der Waals surface area (Å²) in [5.41, 5.74) is 3.56. The molecule has 4 aromatic rings. The summed E-state index contributed by atoms with van der Waals surface area (Å²) in [4.78, 5) is 15.4. The number of ether oxygens (including phenoxy) is 5. The van der Waals surface area contributed by atoms with Crippen LogP contribution in [0.5, 0.6) is 28.7 Å². The van der Waals surface area contributed by atoms with E-state index in [-0.39, 0.29) is 6.79 Å². The summed E-state index contributed by atoms with van der Waals surface area (Å²) in [7, 11) is 3.32. The van der Waals surface area contributed by atoms with E-state index in [2.05, 4.69) is 17.0 Å². The van der Waals surface area contributed by atoms with Crippen molar-refractivity contribution in [3.63, 3.8) is 0 Å². The maximum atomic E-state index is 12.8. The van der Waals surface area contributed by atoms with Crippen LogP contribution < -0.4 is 23.7 Å². The van der Waals surface area contributed by atoms with Gasteiger partial charge in [0.1, 0.15) is 5.75 Å². The Bertz CT molecular complexity index is 1660. The molecule has 3 aliphatic heterocycles. The number of esters is 1. The number of hydrogen-bond donors (Lipinski definition) is 0. The maximum Gasteiger partial charge on any atom is 0.336 e. The van der Waals surface area contributed by atoms with Crippen molar-refractivity contribution in [2.24, 2.45) is 0 Å². The van der Waals surface area contributed by atoms with Crippen molar-refractivity contribution in [1.82, 2.24) is 4.90 Å². The van der Waals surface area contributed by atoms with Gasteiger partial charge in [-0.1, -0.05) is 12.1 Å². The Balaban J connectivity index is 1.27. The number of carbonyl (C=O) groups is 1. The molecule has 198 valence electrons. The number of nitrogens with zero attached hydrogens (tertiary/aromatic N) is 1. The summed E-state index contributed by atoms with van der Waals surface area (Å²) in [6.45, 7) is 2.28. The van der Waals surface area contributed by atoms with Crippen LogP contribution in [0.25, 0.3) is 27.6 Å². The fourth-order valence-electron chi connectivity index (χ4n) is 6.27. The zero-order valence-electron chi connectivity index (χ0n) is 22.0. The average Bonchev–Trinajstić information content (AvgIpc) is 3.63. The molecule has 4 aromatic carbocycles. The molecule has 3 aliphatic rings. The van der Waals surface area contributed by atoms with E-state index in [0.29, 0.717) is 29.0 Å². The van der Waals surface area contributed by atoms with Crippen molar-refractivity contribution in [2.75, 3.05) is 27.6 Å². The van der Waals surface area contributed by atoms with Gasteiger partial charge in [0, 0.05) is 18.7 Å². The van der Waals surface area contributed by atoms with Crippen molar-refractivity contribution >= 4 is 33.6 Å². The van der Waals surface area contributed by atoms with E-state index in [9.17, 15) is 4.79 Å². The van der Waals surface area contributed by atoms with E-state index < -0.39 is 5.97 Å². The number of fused-ring (bicyclic) bond motifs is 8. The number of methoxy groups -OCH3 is 2. The molecule has 0 spiro atoms. The highest BCUT2D eigenvalue weighted by atomic mass is 16.7. The van der Waals surface area contributed by atoms with E-state index in [1.165, 1.54) is 40.8 Å². The minimum Gasteiger partial charge on any atom is -0.493 e. The summed E-state index contributed by atoms with van der Waals surface area (Å²) in [5, 5.41) is 4.47. The third kappa shape index (κ3) is 4.14. The van der Waals surface area contributed by atoms with Gasteiger partial charge in [0.05, 0.1) is 14.2 Å². The van der Waals surface area contributed by atoms with Gasteiger partial charge in [-0.3, -0.25) is 4.90 Å². The molecule has 7 nitrogen and oxygen atoms in total. The van der Waals surface area contributed by atoms with Crippen LogP contribution in [0.2, 0.25) is 0 Å². The van der Waals surface area contributed by atoms with Crippen molar-refractivity contribution < 1.29 is 28.5 Å². The molecule has 1 fully saturated rings. The Labute approximate surface area is 226 Å². The van der Waals surface area contributed by atoms with Crippen LogP contribution in [-0.4, -0.2) is 44.5 Å². The number of hydrogen-bond acceptors (Lipinski definition) is 7. The van der Waals surface area contributed by atoms with Gasteiger partial charge in [-0.15, -0.1) is 0 Å². The van der Waals surface area contributed by atoms with Gasteiger partial charge in [-0.05, 0) is 107 Å². The molecule has 0 radical (unpaired) electrons. The van der Waals surface area contributed by atoms with Gasteiger partial charge in [-0.25, -0.2) is 4.79 Å². The van der Waals surface area contributed by atoms with Gasteiger partial charge >= 0.3 is 5.97 Å². The first-order valence-corrected chi connectivity index (χ1v) is 13.3. The summed E-state index contributed by atoms with van der Waals surface area (Å²) >= 11 is 0. The molecule has 0 amide bonds. The minimum absolute atomic E-state index is 0.210. The maximum absolute atomic E-state index is 12.8. The Kier molecular flexibility index (Phi) is 5.81. The first-order valence-electron chi connectivity index (χ1n) is 13.3. The molecule has 0 unspecified atom stereocenters. The van der Waals surface area contributed by atoms with Gasteiger partial charge in [0.2, 0.25) is 6.79 Å².